The lowest BCUT2D eigenvalue weighted by Crippen LogP contribution is -2.49. The minimum Gasteiger partial charge on any atom is -0.368 e. The fraction of sp³-hybridized carbons (Fsp3) is 0.368. The third-order valence-electron chi connectivity index (χ3n) is 4.50. The number of aryl methyl sites for hydroxylation is 3. The molecular weight excluding hydrogens is 302 g/mol. The monoisotopic (exact) mass is 325 g/mol. The third kappa shape index (κ3) is 3.35. The number of hydrogen-bond donors (Lipinski definition) is 1. The highest BCUT2D eigenvalue weighted by molar-refractivity contribution is 5.94. The lowest BCUT2D eigenvalue weighted by Gasteiger charge is -2.37. The summed E-state index contributed by atoms with van der Waals surface area (Å²) in [6.45, 7) is 8.94. The van der Waals surface area contributed by atoms with Crippen molar-refractivity contribution in [2.45, 2.75) is 20.8 Å². The summed E-state index contributed by atoms with van der Waals surface area (Å²) < 4.78 is 0. The van der Waals surface area contributed by atoms with Crippen LogP contribution >= 0.6 is 0 Å². The topological polar surface area (TPSA) is 56.4 Å². The van der Waals surface area contributed by atoms with Gasteiger partial charge in [-0.15, -0.1) is 0 Å². The van der Waals surface area contributed by atoms with Crippen molar-refractivity contribution in [2.75, 3.05) is 31.1 Å². The number of nitrogens with zero attached hydrogens (tertiary/aromatic N) is 2. The zero-order valence-corrected chi connectivity index (χ0v) is 14.4. The zero-order chi connectivity index (χ0) is 17.3. The molecule has 2 aromatic rings. The van der Waals surface area contributed by atoms with E-state index in [1.165, 1.54) is 22.9 Å². The molecule has 0 bridgehead atoms. The van der Waals surface area contributed by atoms with E-state index in [1.807, 2.05) is 4.90 Å². The Kier molecular flexibility index (Phi) is 4.42. The maximum atomic E-state index is 12.6. The van der Waals surface area contributed by atoms with E-state index in [1.54, 1.807) is 13.0 Å². The minimum atomic E-state index is -0.229. The molecule has 5 heteroatoms. The molecule has 1 amide bonds. The molecule has 2 heterocycles. The van der Waals surface area contributed by atoms with Gasteiger partial charge in [0, 0.05) is 49.2 Å². The first kappa shape index (κ1) is 16.3. The molecule has 0 radical (unpaired) electrons. The second-order valence-corrected chi connectivity index (χ2v) is 6.49. The number of H-pyrrole nitrogens is 1. The van der Waals surface area contributed by atoms with Crippen molar-refractivity contribution in [3.63, 3.8) is 0 Å². The molecular formula is C19H23N3O2. The molecule has 0 spiro atoms. The highest BCUT2D eigenvalue weighted by Gasteiger charge is 2.23. The second kappa shape index (κ2) is 6.51. The summed E-state index contributed by atoms with van der Waals surface area (Å²) in [7, 11) is 0. The number of pyridine rings is 1. The first-order valence-electron chi connectivity index (χ1n) is 8.26. The molecule has 1 aliphatic rings. The lowest BCUT2D eigenvalue weighted by molar-refractivity contribution is 0.0746. The van der Waals surface area contributed by atoms with Gasteiger partial charge in [-0.25, -0.2) is 0 Å². The van der Waals surface area contributed by atoms with Crippen molar-refractivity contribution in [3.8, 4) is 0 Å². The molecule has 1 fully saturated rings. The number of nitrogens with one attached hydrogen (secondary N) is 1. The molecule has 0 aliphatic carbocycles. The Labute approximate surface area is 141 Å². The summed E-state index contributed by atoms with van der Waals surface area (Å²) in [5.74, 6) is -0.0650. The number of carbonyl (C=O) groups excluding carboxylic acids is 1. The van der Waals surface area contributed by atoms with Crippen LogP contribution in [0, 0.1) is 20.8 Å². The van der Waals surface area contributed by atoms with Gasteiger partial charge in [0.05, 0.1) is 0 Å². The van der Waals surface area contributed by atoms with Gasteiger partial charge in [0.2, 0.25) is 5.56 Å². The largest absolute Gasteiger partial charge is 0.368 e. The van der Waals surface area contributed by atoms with Crippen LogP contribution in [0.4, 0.5) is 5.69 Å². The quantitative estimate of drug-likeness (QED) is 0.921. The minimum absolute atomic E-state index is 0.0650. The number of amides is 1. The van der Waals surface area contributed by atoms with Gasteiger partial charge in [-0.05, 0) is 44.0 Å². The first-order valence-corrected chi connectivity index (χ1v) is 8.26. The average molecular weight is 325 g/mol. The third-order valence-corrected chi connectivity index (χ3v) is 4.50. The van der Waals surface area contributed by atoms with Crippen molar-refractivity contribution in [3.05, 3.63) is 63.1 Å². The van der Waals surface area contributed by atoms with E-state index >= 15 is 0 Å². The van der Waals surface area contributed by atoms with Gasteiger partial charge < -0.3 is 14.8 Å². The maximum absolute atomic E-state index is 12.6. The fourth-order valence-electron chi connectivity index (χ4n) is 3.20. The van der Waals surface area contributed by atoms with Crippen LogP contribution in [0.15, 0.2) is 35.1 Å². The van der Waals surface area contributed by atoms with E-state index in [9.17, 15) is 9.59 Å². The Bertz CT molecular complexity index is 818. The number of hydrogen-bond acceptors (Lipinski definition) is 3. The summed E-state index contributed by atoms with van der Waals surface area (Å²) in [5, 5.41) is 0. The van der Waals surface area contributed by atoms with Crippen LogP contribution in [0.5, 0.6) is 0 Å². The molecule has 0 unspecified atom stereocenters. The van der Waals surface area contributed by atoms with Crippen molar-refractivity contribution in [1.82, 2.24) is 9.88 Å². The molecule has 0 atom stereocenters. The Morgan fingerprint density at radius 2 is 1.71 bits per heavy atom. The van der Waals surface area contributed by atoms with Gasteiger partial charge in [0.25, 0.3) is 5.91 Å². The summed E-state index contributed by atoms with van der Waals surface area (Å²) in [5.41, 5.74) is 4.69. The van der Waals surface area contributed by atoms with Crippen molar-refractivity contribution in [1.29, 1.82) is 0 Å². The number of aromatic amines is 1. The number of aromatic nitrogens is 1. The number of rotatable bonds is 2. The van der Waals surface area contributed by atoms with Gasteiger partial charge in [-0.2, -0.15) is 0 Å². The molecule has 1 N–H and O–H groups in total. The average Bonchev–Trinajstić information content (AvgIpc) is 2.56. The van der Waals surface area contributed by atoms with Gasteiger partial charge in [-0.3, -0.25) is 9.59 Å². The number of benzene rings is 1. The van der Waals surface area contributed by atoms with E-state index in [-0.39, 0.29) is 11.5 Å². The first-order chi connectivity index (χ1) is 11.4. The molecule has 0 saturated carbocycles. The van der Waals surface area contributed by atoms with E-state index < -0.39 is 0 Å². The molecule has 24 heavy (non-hydrogen) atoms. The zero-order valence-electron chi connectivity index (χ0n) is 14.4. The molecule has 1 saturated heterocycles. The van der Waals surface area contributed by atoms with Gasteiger partial charge >= 0.3 is 0 Å². The van der Waals surface area contributed by atoms with E-state index in [0.29, 0.717) is 24.3 Å². The van der Waals surface area contributed by atoms with Crippen LogP contribution < -0.4 is 10.5 Å². The predicted octanol–water partition coefficient (Wildman–Crippen LogP) is 2.26. The number of piperazine rings is 1. The number of anilines is 1. The molecule has 126 valence electrons. The van der Waals surface area contributed by atoms with E-state index in [4.69, 9.17) is 0 Å². The molecule has 5 nitrogen and oxygen atoms in total. The van der Waals surface area contributed by atoms with Crippen LogP contribution in [0.3, 0.4) is 0 Å². The fourth-order valence-corrected chi connectivity index (χ4v) is 3.20. The SMILES string of the molecule is Cc1ccc(C)c(N2CCN(C(=O)c3cc(C)[nH]c(=O)c3)CC2)c1. The smallest absolute Gasteiger partial charge is 0.254 e. The Balaban J connectivity index is 1.71. The Morgan fingerprint density at radius 3 is 2.38 bits per heavy atom. The van der Waals surface area contributed by atoms with Crippen LogP contribution in [0.1, 0.15) is 27.2 Å². The normalized spacial score (nSPS) is 14.8. The molecule has 3 rings (SSSR count). The molecule has 1 aromatic heterocycles. The van der Waals surface area contributed by atoms with Gasteiger partial charge in [0.15, 0.2) is 0 Å². The van der Waals surface area contributed by atoms with Crippen LogP contribution in [0.2, 0.25) is 0 Å². The lowest BCUT2D eigenvalue weighted by atomic mass is 10.1. The predicted molar refractivity (Wildman–Crippen MR) is 95.8 cm³/mol. The van der Waals surface area contributed by atoms with Crippen molar-refractivity contribution < 1.29 is 4.79 Å². The second-order valence-electron chi connectivity index (χ2n) is 6.49. The summed E-state index contributed by atoms with van der Waals surface area (Å²) in [6, 6.07) is 9.58. The van der Waals surface area contributed by atoms with Crippen LogP contribution in [-0.4, -0.2) is 42.0 Å². The maximum Gasteiger partial charge on any atom is 0.254 e. The van der Waals surface area contributed by atoms with E-state index in [2.05, 4.69) is 41.9 Å². The van der Waals surface area contributed by atoms with Crippen LogP contribution in [0.25, 0.3) is 0 Å². The van der Waals surface area contributed by atoms with Crippen molar-refractivity contribution in [2.24, 2.45) is 0 Å². The highest BCUT2D eigenvalue weighted by atomic mass is 16.2. The summed E-state index contributed by atoms with van der Waals surface area (Å²) >= 11 is 0. The Hall–Kier alpha value is -2.56. The van der Waals surface area contributed by atoms with Gasteiger partial charge in [-0.1, -0.05) is 12.1 Å². The standard InChI is InChI=1S/C19H23N3O2/c1-13-4-5-14(2)17(10-13)21-6-8-22(9-7-21)19(24)16-11-15(3)20-18(23)12-16/h4-5,10-12H,6-9H2,1-3H3,(H,20,23). The van der Waals surface area contributed by atoms with Gasteiger partial charge in [0.1, 0.15) is 0 Å². The van der Waals surface area contributed by atoms with Crippen molar-refractivity contribution >= 4 is 11.6 Å². The van der Waals surface area contributed by atoms with Crippen LogP contribution in [-0.2, 0) is 0 Å². The number of carbonyl (C=O) groups is 1. The molecule has 1 aliphatic heterocycles. The summed E-state index contributed by atoms with van der Waals surface area (Å²) in [6.07, 6.45) is 0. The molecule has 1 aromatic carbocycles. The summed E-state index contributed by atoms with van der Waals surface area (Å²) in [4.78, 5) is 31.0. The van der Waals surface area contributed by atoms with E-state index in [0.717, 1.165) is 13.1 Å². The Morgan fingerprint density at radius 1 is 1.00 bits per heavy atom. The highest BCUT2D eigenvalue weighted by Crippen LogP contribution is 2.23.